The summed E-state index contributed by atoms with van der Waals surface area (Å²) in [6.45, 7) is 9.34. The molecule has 0 heterocycles. The third-order valence-corrected chi connectivity index (χ3v) is 6.26. The fourth-order valence-corrected chi connectivity index (χ4v) is 4.60. The van der Waals surface area contributed by atoms with Crippen LogP contribution in [0.2, 0.25) is 0 Å². The first kappa shape index (κ1) is 29.6. The van der Waals surface area contributed by atoms with Gasteiger partial charge in [-0.3, -0.25) is 9.59 Å². The molecule has 3 aromatic carbocycles. The lowest BCUT2D eigenvalue weighted by atomic mass is 9.77. The van der Waals surface area contributed by atoms with Gasteiger partial charge in [0.1, 0.15) is 17.2 Å². The van der Waals surface area contributed by atoms with Crippen molar-refractivity contribution in [1.82, 2.24) is 10.6 Å². The van der Waals surface area contributed by atoms with Crippen LogP contribution in [0.25, 0.3) is 0 Å². The molecule has 0 aliphatic heterocycles. The molecule has 0 unspecified atom stereocenters. The quantitative estimate of drug-likeness (QED) is 0.245. The molecule has 3 rings (SSSR count). The Hall–Kier alpha value is -3.93. The molecule has 0 radical (unpaired) electrons. The van der Waals surface area contributed by atoms with Gasteiger partial charge < -0.3 is 15.4 Å². The lowest BCUT2D eigenvalue weighted by molar-refractivity contribution is -0.159. The van der Waals surface area contributed by atoms with Crippen LogP contribution in [0.1, 0.15) is 70.6 Å². The molecular formula is C33H40N2O4. The number of ether oxygens (including phenoxy) is 1. The Kier molecular flexibility index (Phi) is 10.0. The van der Waals surface area contributed by atoms with Crippen molar-refractivity contribution in [2.75, 3.05) is 0 Å². The number of esters is 1. The van der Waals surface area contributed by atoms with Crippen molar-refractivity contribution < 1.29 is 19.1 Å². The zero-order valence-electron chi connectivity index (χ0n) is 23.6. The normalized spacial score (nSPS) is 12.5. The molecule has 2 amide bonds. The minimum Gasteiger partial charge on any atom is -0.458 e. The van der Waals surface area contributed by atoms with Crippen LogP contribution in [0.3, 0.4) is 0 Å². The summed E-state index contributed by atoms with van der Waals surface area (Å²) in [6.07, 6.45) is 0.354. The minimum absolute atomic E-state index is 0.0389. The van der Waals surface area contributed by atoms with Crippen molar-refractivity contribution in [2.45, 2.75) is 71.1 Å². The van der Waals surface area contributed by atoms with Crippen molar-refractivity contribution in [1.29, 1.82) is 0 Å². The van der Waals surface area contributed by atoms with Crippen LogP contribution < -0.4 is 10.6 Å². The molecule has 206 valence electrons. The first-order chi connectivity index (χ1) is 18.5. The van der Waals surface area contributed by atoms with Gasteiger partial charge in [0.25, 0.3) is 0 Å². The second-order valence-corrected chi connectivity index (χ2v) is 11.2. The molecule has 0 saturated heterocycles. The average molecular weight is 529 g/mol. The number of nitrogens with one attached hydrogen (secondary N) is 2. The van der Waals surface area contributed by atoms with E-state index in [0.717, 1.165) is 16.7 Å². The molecule has 6 heteroatoms. The second kappa shape index (κ2) is 13.2. The molecule has 0 saturated carbocycles. The summed E-state index contributed by atoms with van der Waals surface area (Å²) >= 11 is 0. The molecule has 0 aliphatic carbocycles. The van der Waals surface area contributed by atoms with Crippen LogP contribution in [0.15, 0.2) is 91.0 Å². The largest absolute Gasteiger partial charge is 0.458 e. The van der Waals surface area contributed by atoms with Crippen LogP contribution in [0.4, 0.5) is 0 Å². The highest BCUT2D eigenvalue weighted by Crippen LogP contribution is 2.36. The van der Waals surface area contributed by atoms with Crippen molar-refractivity contribution in [3.05, 3.63) is 108 Å². The van der Waals surface area contributed by atoms with E-state index in [4.69, 9.17) is 4.74 Å². The fraction of sp³-hybridized carbons (Fsp3) is 0.364. The summed E-state index contributed by atoms with van der Waals surface area (Å²) in [6, 6.07) is 28.7. The molecule has 0 aliphatic rings. The van der Waals surface area contributed by atoms with Gasteiger partial charge in [-0.05, 0) is 49.8 Å². The maximum absolute atomic E-state index is 13.5. The van der Waals surface area contributed by atoms with Crippen LogP contribution in [-0.4, -0.2) is 29.4 Å². The molecule has 2 N–H and O–H groups in total. The Morgan fingerprint density at radius 2 is 1.10 bits per heavy atom. The van der Waals surface area contributed by atoms with E-state index in [9.17, 15) is 14.4 Å². The second-order valence-electron chi connectivity index (χ2n) is 11.2. The van der Waals surface area contributed by atoms with Crippen molar-refractivity contribution >= 4 is 17.8 Å². The minimum atomic E-state index is -0.950. The first-order valence-electron chi connectivity index (χ1n) is 13.5. The van der Waals surface area contributed by atoms with Crippen molar-refractivity contribution in [2.24, 2.45) is 5.92 Å². The van der Waals surface area contributed by atoms with Gasteiger partial charge in [-0.25, -0.2) is 4.79 Å². The Balaban J connectivity index is 1.82. The summed E-state index contributed by atoms with van der Waals surface area (Å²) in [7, 11) is 0. The monoisotopic (exact) mass is 528 g/mol. The molecule has 0 spiro atoms. The molecule has 0 fully saturated rings. The smallest absolute Gasteiger partial charge is 0.329 e. The van der Waals surface area contributed by atoms with Crippen molar-refractivity contribution in [3.8, 4) is 0 Å². The predicted molar refractivity (Wildman–Crippen MR) is 154 cm³/mol. The van der Waals surface area contributed by atoms with Gasteiger partial charge in [0, 0.05) is 12.8 Å². The number of hydrogen-bond acceptors (Lipinski definition) is 4. The zero-order chi connectivity index (χ0) is 28.5. The van der Waals surface area contributed by atoms with Gasteiger partial charge in [0.05, 0.1) is 0 Å². The highest BCUT2D eigenvalue weighted by atomic mass is 16.6. The molecule has 39 heavy (non-hydrogen) atoms. The summed E-state index contributed by atoms with van der Waals surface area (Å²) in [5, 5.41) is 6.05. The van der Waals surface area contributed by atoms with E-state index in [0.29, 0.717) is 6.42 Å². The zero-order valence-corrected chi connectivity index (χ0v) is 23.6. The topological polar surface area (TPSA) is 84.5 Å². The van der Waals surface area contributed by atoms with E-state index >= 15 is 0 Å². The van der Waals surface area contributed by atoms with Gasteiger partial charge in [0.15, 0.2) is 0 Å². The molecule has 3 aromatic rings. The highest BCUT2D eigenvalue weighted by molar-refractivity contribution is 5.88. The number of amides is 2. The van der Waals surface area contributed by atoms with E-state index in [-0.39, 0.29) is 30.6 Å². The Labute approximate surface area is 232 Å². The van der Waals surface area contributed by atoms with Crippen molar-refractivity contribution in [3.63, 3.8) is 0 Å². The van der Waals surface area contributed by atoms with Gasteiger partial charge in [0.2, 0.25) is 11.8 Å². The molecule has 1 atom stereocenters. The molecule has 0 aromatic heterocycles. The number of rotatable bonds is 11. The fourth-order valence-electron chi connectivity index (χ4n) is 4.60. The van der Waals surface area contributed by atoms with Crippen LogP contribution in [-0.2, 0) is 24.7 Å². The van der Waals surface area contributed by atoms with E-state index in [2.05, 4.69) is 10.6 Å². The van der Waals surface area contributed by atoms with Gasteiger partial charge >= 0.3 is 5.97 Å². The molecule has 0 bridgehead atoms. The van der Waals surface area contributed by atoms with Gasteiger partial charge in [-0.2, -0.15) is 0 Å². The maximum atomic E-state index is 13.5. The number of carbonyl (C=O) groups excluding carboxylic acids is 3. The number of hydrogen-bond donors (Lipinski definition) is 2. The predicted octanol–water partition coefficient (Wildman–Crippen LogP) is 5.75. The standard InChI is InChI=1S/C33H40N2O4/c1-24(2)23-28(31(38)39-32(3,4)5)34-29(36)21-22-30(37)35-33(25-15-9-6-10-16-25,26-17-11-7-12-18-26)27-19-13-8-14-20-27/h6-20,24,28H,21-23H2,1-5H3,(H,34,36)(H,35,37)/t28-/m0/s1. The summed E-state index contributed by atoms with van der Waals surface area (Å²) in [5.41, 5.74) is 1.10. The van der Waals surface area contributed by atoms with E-state index in [1.54, 1.807) is 20.8 Å². The first-order valence-corrected chi connectivity index (χ1v) is 13.5. The average Bonchev–Trinajstić information content (AvgIpc) is 2.90. The number of benzene rings is 3. The Morgan fingerprint density at radius 3 is 1.49 bits per heavy atom. The van der Waals surface area contributed by atoms with Gasteiger partial charge in [-0.15, -0.1) is 0 Å². The lowest BCUT2D eigenvalue weighted by Crippen LogP contribution is -2.48. The molecular weight excluding hydrogens is 488 g/mol. The van der Waals surface area contributed by atoms with Crippen LogP contribution in [0.5, 0.6) is 0 Å². The maximum Gasteiger partial charge on any atom is 0.329 e. The Bertz CT molecular complexity index is 1120. The Morgan fingerprint density at radius 1 is 0.692 bits per heavy atom. The number of carbonyl (C=O) groups is 3. The van der Waals surface area contributed by atoms with Crippen LogP contribution >= 0.6 is 0 Å². The summed E-state index contributed by atoms with van der Waals surface area (Å²) in [5.74, 6) is -0.939. The van der Waals surface area contributed by atoms with E-state index < -0.39 is 23.2 Å². The van der Waals surface area contributed by atoms with E-state index in [1.807, 2.05) is 105 Å². The summed E-state index contributed by atoms with van der Waals surface area (Å²) < 4.78 is 5.51. The molecule has 6 nitrogen and oxygen atoms in total. The third-order valence-electron chi connectivity index (χ3n) is 6.26. The summed E-state index contributed by atoms with van der Waals surface area (Å²) in [4.78, 5) is 39.1. The lowest BCUT2D eigenvalue weighted by Gasteiger charge is -2.37. The van der Waals surface area contributed by atoms with Gasteiger partial charge in [-0.1, -0.05) is 105 Å². The highest BCUT2D eigenvalue weighted by Gasteiger charge is 2.38. The van der Waals surface area contributed by atoms with E-state index in [1.165, 1.54) is 0 Å². The SMILES string of the molecule is CC(C)C[C@H](NC(=O)CCC(=O)NC(c1ccccc1)(c1ccccc1)c1ccccc1)C(=O)OC(C)(C)C. The third kappa shape index (κ3) is 8.28. The van der Waals surface area contributed by atoms with Crippen LogP contribution in [0, 0.1) is 5.92 Å².